The summed E-state index contributed by atoms with van der Waals surface area (Å²) in [5.74, 6) is -0.0380. The molecule has 1 aliphatic heterocycles. The van der Waals surface area contributed by atoms with Gasteiger partial charge in [-0.2, -0.15) is 0 Å². The third-order valence-electron chi connectivity index (χ3n) is 7.92. The lowest BCUT2D eigenvalue weighted by Gasteiger charge is -2.35. The van der Waals surface area contributed by atoms with Crippen LogP contribution >= 0.6 is 0 Å². The van der Waals surface area contributed by atoms with E-state index in [9.17, 15) is 9.90 Å². The molecule has 0 saturated carbocycles. The van der Waals surface area contributed by atoms with Gasteiger partial charge in [-0.3, -0.25) is 14.7 Å². The second-order valence-corrected chi connectivity index (χ2v) is 10.8. The molecule has 7 nitrogen and oxygen atoms in total. The van der Waals surface area contributed by atoms with Gasteiger partial charge < -0.3 is 19.3 Å². The first-order valence-electron chi connectivity index (χ1n) is 13.7. The molecule has 3 heterocycles. The van der Waals surface area contributed by atoms with E-state index in [4.69, 9.17) is 4.74 Å². The van der Waals surface area contributed by atoms with Gasteiger partial charge in [0.2, 0.25) is 0 Å². The van der Waals surface area contributed by atoms with Gasteiger partial charge in [-0.15, -0.1) is 0 Å². The third-order valence-corrected chi connectivity index (χ3v) is 7.92. The summed E-state index contributed by atoms with van der Waals surface area (Å²) < 4.78 is 8.69. The highest BCUT2D eigenvalue weighted by Gasteiger charge is 2.33. The number of aromatic nitrogens is 2. The van der Waals surface area contributed by atoms with Crippen LogP contribution < -0.4 is 0 Å². The summed E-state index contributed by atoms with van der Waals surface area (Å²) in [5.41, 5.74) is 5.82. The first-order valence-corrected chi connectivity index (χ1v) is 13.7. The molecule has 0 fully saturated rings. The molecule has 0 bridgehead atoms. The number of hydrogen-bond acceptors (Lipinski definition) is 5. The van der Waals surface area contributed by atoms with Crippen molar-refractivity contribution in [3.63, 3.8) is 0 Å². The van der Waals surface area contributed by atoms with Gasteiger partial charge in [-0.05, 0) is 48.9 Å². The van der Waals surface area contributed by atoms with Crippen molar-refractivity contribution < 1.29 is 14.6 Å². The molecule has 39 heavy (non-hydrogen) atoms. The fraction of sp³-hybridized carbons (Fsp3) is 0.375. The molecule has 0 aliphatic carbocycles. The van der Waals surface area contributed by atoms with Crippen LogP contribution in [0.2, 0.25) is 0 Å². The molecule has 4 aromatic rings. The molecule has 3 atom stereocenters. The summed E-state index contributed by atoms with van der Waals surface area (Å²) in [6.07, 6.45) is 3.50. The van der Waals surface area contributed by atoms with E-state index >= 15 is 0 Å². The van der Waals surface area contributed by atoms with Gasteiger partial charge in [0.05, 0.1) is 25.4 Å². The number of nitrogens with zero attached hydrogens (tertiary/aromatic N) is 4. The van der Waals surface area contributed by atoms with Crippen LogP contribution in [0.15, 0.2) is 73.1 Å². The number of pyridine rings is 1. The number of carbonyl (C=O) groups excluding carboxylic acids is 1. The Kier molecular flexibility index (Phi) is 8.12. The number of aliphatic hydroxyl groups is 1. The third kappa shape index (κ3) is 5.48. The predicted octanol–water partition coefficient (Wildman–Crippen LogP) is 4.73. The number of aliphatic hydroxyl groups excluding tert-OH is 1. The van der Waals surface area contributed by atoms with Crippen molar-refractivity contribution in [3.05, 3.63) is 89.9 Å². The monoisotopic (exact) mass is 526 g/mol. The van der Waals surface area contributed by atoms with Crippen molar-refractivity contribution in [1.82, 2.24) is 19.4 Å². The number of ether oxygens (including phenoxy) is 1. The van der Waals surface area contributed by atoms with E-state index in [1.807, 2.05) is 72.2 Å². The van der Waals surface area contributed by atoms with Crippen molar-refractivity contribution in [1.29, 1.82) is 0 Å². The van der Waals surface area contributed by atoms with Crippen LogP contribution in [-0.4, -0.2) is 69.3 Å². The molecule has 204 valence electrons. The average molecular weight is 527 g/mol. The molecule has 2 aromatic carbocycles. The van der Waals surface area contributed by atoms with E-state index in [0.29, 0.717) is 25.4 Å². The lowest BCUT2D eigenvalue weighted by Crippen LogP contribution is -2.47. The fourth-order valence-corrected chi connectivity index (χ4v) is 5.70. The largest absolute Gasteiger partial charge is 0.394 e. The molecule has 0 radical (unpaired) electrons. The number of hydrogen-bond donors (Lipinski definition) is 1. The summed E-state index contributed by atoms with van der Waals surface area (Å²) in [7, 11) is 4.05. The van der Waals surface area contributed by atoms with Crippen molar-refractivity contribution in [2.75, 3.05) is 26.7 Å². The zero-order valence-electron chi connectivity index (χ0n) is 23.2. The Morgan fingerprint density at radius 2 is 1.82 bits per heavy atom. The molecule has 0 spiro atoms. The lowest BCUT2D eigenvalue weighted by molar-refractivity contribution is -0.0242. The molecule has 0 unspecified atom stereocenters. The summed E-state index contributed by atoms with van der Waals surface area (Å²) in [5, 5.41) is 11.2. The minimum absolute atomic E-state index is 0.0336. The Morgan fingerprint density at radius 3 is 2.59 bits per heavy atom. The smallest absolute Gasteiger partial charge is 0.271 e. The molecule has 5 rings (SSSR count). The van der Waals surface area contributed by atoms with Crippen LogP contribution in [0.25, 0.3) is 22.0 Å². The maximum absolute atomic E-state index is 14.4. The molecular formula is C32H38N4O3. The number of aryl methyl sites for hydroxylation is 1. The number of para-hydroxylation sites is 1. The van der Waals surface area contributed by atoms with Crippen molar-refractivity contribution in [3.8, 4) is 11.1 Å². The summed E-state index contributed by atoms with van der Waals surface area (Å²) in [4.78, 5) is 22.6. The number of benzene rings is 2. The highest BCUT2D eigenvalue weighted by Crippen LogP contribution is 2.38. The Labute approximate surface area is 230 Å². The highest BCUT2D eigenvalue weighted by molar-refractivity contribution is 6.10. The van der Waals surface area contributed by atoms with Gasteiger partial charge >= 0.3 is 0 Å². The van der Waals surface area contributed by atoms with E-state index in [-0.39, 0.29) is 30.6 Å². The molecule has 2 aromatic heterocycles. The van der Waals surface area contributed by atoms with Crippen molar-refractivity contribution >= 4 is 16.8 Å². The number of rotatable bonds is 6. The second kappa shape index (κ2) is 11.7. The van der Waals surface area contributed by atoms with Crippen LogP contribution in [0.5, 0.6) is 0 Å². The zero-order chi connectivity index (χ0) is 27.5. The normalized spacial score (nSPS) is 19.0. The second-order valence-electron chi connectivity index (χ2n) is 10.8. The number of carbonyl (C=O) groups is 1. The minimum Gasteiger partial charge on any atom is -0.394 e. The van der Waals surface area contributed by atoms with Gasteiger partial charge in [-0.1, -0.05) is 49.4 Å². The van der Waals surface area contributed by atoms with Crippen LogP contribution in [0.3, 0.4) is 0 Å². The number of amides is 1. The van der Waals surface area contributed by atoms with Crippen LogP contribution in [0.4, 0.5) is 0 Å². The lowest BCUT2D eigenvalue weighted by atomic mass is 9.96. The first-order chi connectivity index (χ1) is 18.9. The molecule has 0 saturated heterocycles. The van der Waals surface area contributed by atoms with Gasteiger partial charge in [0.25, 0.3) is 5.91 Å². The highest BCUT2D eigenvalue weighted by atomic mass is 16.5. The van der Waals surface area contributed by atoms with E-state index in [2.05, 4.69) is 48.1 Å². The average Bonchev–Trinajstić information content (AvgIpc) is 3.24. The van der Waals surface area contributed by atoms with Crippen LogP contribution in [0.1, 0.15) is 35.5 Å². The van der Waals surface area contributed by atoms with Gasteiger partial charge in [-0.25, -0.2) is 0 Å². The summed E-state index contributed by atoms with van der Waals surface area (Å²) in [6.45, 7) is 6.34. The molecule has 1 aliphatic rings. The van der Waals surface area contributed by atoms with Crippen LogP contribution in [-0.2, 0) is 24.9 Å². The van der Waals surface area contributed by atoms with E-state index < -0.39 is 0 Å². The summed E-state index contributed by atoms with van der Waals surface area (Å²) in [6, 6.07) is 20.1. The summed E-state index contributed by atoms with van der Waals surface area (Å²) >= 11 is 0. The zero-order valence-corrected chi connectivity index (χ0v) is 23.2. The molecule has 1 amide bonds. The number of fused-ring (bicyclic) bond motifs is 5. The fourth-order valence-electron chi connectivity index (χ4n) is 5.70. The Balaban J connectivity index is 1.58. The molecular weight excluding hydrogens is 488 g/mol. The maximum Gasteiger partial charge on any atom is 0.271 e. The topological polar surface area (TPSA) is 70.8 Å². The standard InChI is InChI=1S/C32H38N4O3/c1-22-17-36(23(2)20-37)32(38)31-30(27-11-7-8-12-28(27)35(31)4)26-10-6-5-9-25(26)21-39-29(22)19-34(3)18-24-13-15-33-16-14-24/h5-16,22-23,29,37H,17-21H2,1-4H3/t22-,23+,29-/m0/s1. The Hall–Kier alpha value is -3.52. The van der Waals surface area contributed by atoms with Crippen molar-refractivity contribution in [2.45, 2.75) is 39.1 Å². The Morgan fingerprint density at radius 1 is 1.10 bits per heavy atom. The van der Waals surface area contributed by atoms with Crippen molar-refractivity contribution in [2.24, 2.45) is 13.0 Å². The number of likely N-dealkylation sites (N-methyl/N-ethyl adjacent to an activating group) is 1. The van der Waals surface area contributed by atoms with Gasteiger partial charge in [0.15, 0.2) is 0 Å². The van der Waals surface area contributed by atoms with Gasteiger partial charge in [0, 0.05) is 61.5 Å². The SMILES string of the molecule is C[C@H](CO)N1C[C@H](C)[C@H](CN(C)Cc2ccncc2)OCc2ccccc2-c2c(n(C)c3ccccc23)C1=O. The van der Waals surface area contributed by atoms with Gasteiger partial charge in [0.1, 0.15) is 5.69 Å². The first kappa shape index (κ1) is 27.1. The molecule has 7 heteroatoms. The van der Waals surface area contributed by atoms with E-state index in [0.717, 1.165) is 34.1 Å². The minimum atomic E-state index is -0.336. The van der Waals surface area contributed by atoms with E-state index in [1.165, 1.54) is 5.56 Å². The van der Waals surface area contributed by atoms with E-state index in [1.54, 1.807) is 0 Å². The quantitative estimate of drug-likeness (QED) is 0.393. The molecule has 1 N–H and O–H groups in total. The Bertz CT molecular complexity index is 1430. The maximum atomic E-state index is 14.4. The predicted molar refractivity (Wildman–Crippen MR) is 154 cm³/mol. The van der Waals surface area contributed by atoms with Crippen LogP contribution in [0, 0.1) is 5.92 Å².